The van der Waals surface area contributed by atoms with Crippen LogP contribution >= 0.6 is 0 Å². The summed E-state index contributed by atoms with van der Waals surface area (Å²) in [7, 11) is 0. The molecule has 4 heteroatoms. The van der Waals surface area contributed by atoms with Crippen molar-refractivity contribution in [2.75, 3.05) is 0 Å². The lowest BCUT2D eigenvalue weighted by molar-refractivity contribution is 0.0938. The molecule has 0 fully saturated rings. The number of hydrogen-bond donors (Lipinski definition) is 1. The monoisotopic (exact) mass is 331 g/mol. The van der Waals surface area contributed by atoms with Crippen LogP contribution < -0.4 is 5.32 Å². The number of aromatic nitrogens is 2. The van der Waals surface area contributed by atoms with Gasteiger partial charge in [0, 0.05) is 42.0 Å². The van der Waals surface area contributed by atoms with Gasteiger partial charge in [-0.1, -0.05) is 36.4 Å². The lowest BCUT2D eigenvalue weighted by Gasteiger charge is -2.14. The zero-order chi connectivity index (χ0) is 17.5. The first-order valence-electron chi connectivity index (χ1n) is 8.42. The van der Waals surface area contributed by atoms with E-state index in [2.05, 4.69) is 27.4 Å². The van der Waals surface area contributed by atoms with Gasteiger partial charge in [0.25, 0.3) is 5.91 Å². The first-order chi connectivity index (χ1) is 12.2. The number of nitrogens with zero attached hydrogens (tertiary/aromatic N) is 2. The normalized spacial score (nSPS) is 11.7. The predicted octanol–water partition coefficient (Wildman–Crippen LogP) is 3.89. The van der Waals surface area contributed by atoms with Gasteiger partial charge >= 0.3 is 0 Å². The van der Waals surface area contributed by atoms with Gasteiger partial charge in [0.1, 0.15) is 0 Å². The Kier molecular flexibility index (Phi) is 5.52. The summed E-state index contributed by atoms with van der Waals surface area (Å²) in [6.45, 7) is 2.03. The van der Waals surface area contributed by atoms with Crippen molar-refractivity contribution in [3.05, 3.63) is 84.4 Å². The Morgan fingerprint density at radius 1 is 1.00 bits per heavy atom. The van der Waals surface area contributed by atoms with Crippen molar-refractivity contribution in [1.82, 2.24) is 15.3 Å². The summed E-state index contributed by atoms with van der Waals surface area (Å²) in [6.07, 6.45) is 8.66. The van der Waals surface area contributed by atoms with E-state index in [4.69, 9.17) is 0 Å². The van der Waals surface area contributed by atoms with Gasteiger partial charge in [0.15, 0.2) is 0 Å². The third-order valence-corrected chi connectivity index (χ3v) is 4.08. The van der Waals surface area contributed by atoms with E-state index in [1.807, 2.05) is 43.3 Å². The highest BCUT2D eigenvalue weighted by Gasteiger charge is 2.11. The number of carbonyl (C=O) groups excluding carboxylic acids is 1. The van der Waals surface area contributed by atoms with Gasteiger partial charge in [0.05, 0.1) is 5.56 Å². The maximum atomic E-state index is 12.5. The van der Waals surface area contributed by atoms with Crippen LogP contribution in [0.3, 0.4) is 0 Å². The molecule has 1 amide bonds. The molecule has 3 aromatic rings. The average Bonchev–Trinajstić information content (AvgIpc) is 2.68. The number of hydrogen-bond acceptors (Lipinski definition) is 3. The van der Waals surface area contributed by atoms with E-state index in [1.165, 1.54) is 5.56 Å². The molecule has 2 heterocycles. The molecule has 0 aliphatic carbocycles. The molecule has 0 aliphatic rings. The highest BCUT2D eigenvalue weighted by molar-refractivity contribution is 5.95. The third kappa shape index (κ3) is 4.73. The van der Waals surface area contributed by atoms with Crippen LogP contribution in [0.5, 0.6) is 0 Å². The van der Waals surface area contributed by atoms with Gasteiger partial charge in [-0.3, -0.25) is 14.8 Å². The molecule has 0 bridgehead atoms. The summed E-state index contributed by atoms with van der Waals surface area (Å²) in [5, 5.41) is 3.05. The van der Waals surface area contributed by atoms with Crippen molar-refractivity contribution in [1.29, 1.82) is 0 Å². The largest absolute Gasteiger partial charge is 0.350 e. The molecular weight excluding hydrogens is 310 g/mol. The van der Waals surface area contributed by atoms with E-state index in [-0.39, 0.29) is 11.9 Å². The number of aryl methyl sites for hydroxylation is 1. The van der Waals surface area contributed by atoms with E-state index < -0.39 is 0 Å². The number of rotatable bonds is 6. The topological polar surface area (TPSA) is 54.9 Å². The van der Waals surface area contributed by atoms with Gasteiger partial charge in [-0.2, -0.15) is 0 Å². The standard InChI is InChI=1S/C21H21N3O/c1-16(9-10-17-6-3-2-4-7-17)24-21(25)20-12-19(14-23-15-20)18-8-5-11-22-13-18/h2-8,11-16H,9-10H2,1H3,(H,24,25). The molecule has 126 valence electrons. The molecule has 1 unspecified atom stereocenters. The lowest BCUT2D eigenvalue weighted by atomic mass is 10.1. The Bertz CT molecular complexity index is 819. The Morgan fingerprint density at radius 3 is 2.56 bits per heavy atom. The highest BCUT2D eigenvalue weighted by Crippen LogP contribution is 2.18. The molecule has 0 saturated carbocycles. The molecule has 0 aliphatic heterocycles. The quantitative estimate of drug-likeness (QED) is 0.745. The van der Waals surface area contributed by atoms with Crippen LogP contribution in [0.2, 0.25) is 0 Å². The zero-order valence-corrected chi connectivity index (χ0v) is 14.2. The Morgan fingerprint density at radius 2 is 1.80 bits per heavy atom. The molecule has 2 aromatic heterocycles. The third-order valence-electron chi connectivity index (χ3n) is 4.08. The van der Waals surface area contributed by atoms with Gasteiger partial charge < -0.3 is 5.32 Å². The second kappa shape index (κ2) is 8.20. The first kappa shape index (κ1) is 16.8. The van der Waals surface area contributed by atoms with Crippen LogP contribution in [0.4, 0.5) is 0 Å². The predicted molar refractivity (Wildman–Crippen MR) is 99.2 cm³/mol. The molecule has 0 radical (unpaired) electrons. The summed E-state index contributed by atoms with van der Waals surface area (Å²) in [4.78, 5) is 20.8. The van der Waals surface area contributed by atoms with Crippen molar-refractivity contribution in [3.8, 4) is 11.1 Å². The summed E-state index contributed by atoms with van der Waals surface area (Å²) in [5.41, 5.74) is 3.68. The number of benzene rings is 1. The summed E-state index contributed by atoms with van der Waals surface area (Å²) in [5.74, 6) is -0.0983. The van der Waals surface area contributed by atoms with Gasteiger partial charge in [0.2, 0.25) is 0 Å². The van der Waals surface area contributed by atoms with Crippen molar-refractivity contribution in [3.63, 3.8) is 0 Å². The summed E-state index contributed by atoms with van der Waals surface area (Å²) < 4.78 is 0. The van der Waals surface area contributed by atoms with Crippen LogP contribution in [0.15, 0.2) is 73.3 Å². The molecule has 1 N–H and O–H groups in total. The summed E-state index contributed by atoms with van der Waals surface area (Å²) >= 11 is 0. The molecule has 25 heavy (non-hydrogen) atoms. The first-order valence-corrected chi connectivity index (χ1v) is 8.42. The van der Waals surface area contributed by atoms with Crippen LogP contribution in [-0.4, -0.2) is 21.9 Å². The molecule has 0 saturated heterocycles. The van der Waals surface area contributed by atoms with Crippen molar-refractivity contribution in [2.45, 2.75) is 25.8 Å². The Hall–Kier alpha value is -3.01. The van der Waals surface area contributed by atoms with Crippen LogP contribution in [-0.2, 0) is 6.42 Å². The smallest absolute Gasteiger partial charge is 0.253 e. The van der Waals surface area contributed by atoms with E-state index in [0.717, 1.165) is 24.0 Å². The fourth-order valence-corrected chi connectivity index (χ4v) is 2.66. The zero-order valence-electron chi connectivity index (χ0n) is 14.2. The van der Waals surface area contributed by atoms with Crippen LogP contribution in [0, 0.1) is 0 Å². The second-order valence-electron chi connectivity index (χ2n) is 6.10. The SMILES string of the molecule is CC(CCc1ccccc1)NC(=O)c1cncc(-c2cccnc2)c1. The van der Waals surface area contributed by atoms with Gasteiger partial charge in [-0.15, -0.1) is 0 Å². The molecule has 0 spiro atoms. The number of pyridine rings is 2. The minimum absolute atomic E-state index is 0.0924. The maximum Gasteiger partial charge on any atom is 0.253 e. The molecule has 4 nitrogen and oxygen atoms in total. The summed E-state index contributed by atoms with van der Waals surface area (Å²) in [6, 6.07) is 16.1. The van der Waals surface area contributed by atoms with Crippen molar-refractivity contribution < 1.29 is 4.79 Å². The van der Waals surface area contributed by atoms with Gasteiger partial charge in [-0.05, 0) is 37.5 Å². The minimum Gasteiger partial charge on any atom is -0.350 e. The van der Waals surface area contributed by atoms with E-state index in [9.17, 15) is 4.79 Å². The molecule has 1 atom stereocenters. The van der Waals surface area contributed by atoms with E-state index in [1.54, 1.807) is 24.8 Å². The number of nitrogens with one attached hydrogen (secondary N) is 1. The Balaban J connectivity index is 1.61. The second-order valence-corrected chi connectivity index (χ2v) is 6.10. The number of amides is 1. The molecule has 1 aromatic carbocycles. The molecule has 3 rings (SSSR count). The van der Waals surface area contributed by atoms with Gasteiger partial charge in [-0.25, -0.2) is 0 Å². The Labute approximate surface area is 148 Å². The average molecular weight is 331 g/mol. The lowest BCUT2D eigenvalue weighted by Crippen LogP contribution is -2.33. The van der Waals surface area contributed by atoms with E-state index in [0.29, 0.717) is 5.56 Å². The minimum atomic E-state index is -0.0983. The fourth-order valence-electron chi connectivity index (χ4n) is 2.66. The van der Waals surface area contributed by atoms with Crippen LogP contribution in [0.1, 0.15) is 29.3 Å². The molecular formula is C21H21N3O. The van der Waals surface area contributed by atoms with Crippen molar-refractivity contribution in [2.24, 2.45) is 0 Å². The van der Waals surface area contributed by atoms with Crippen LogP contribution in [0.25, 0.3) is 11.1 Å². The number of carbonyl (C=O) groups is 1. The fraction of sp³-hybridized carbons (Fsp3) is 0.190. The van der Waals surface area contributed by atoms with E-state index >= 15 is 0 Å². The maximum absolute atomic E-state index is 12.5. The highest BCUT2D eigenvalue weighted by atomic mass is 16.1. The van der Waals surface area contributed by atoms with Crippen molar-refractivity contribution >= 4 is 5.91 Å².